The fraction of sp³-hybridized carbons (Fsp3) is 0.250. The molecule has 2 N–H and O–H groups in total. The summed E-state index contributed by atoms with van der Waals surface area (Å²) in [4.78, 5) is 11.4. The van der Waals surface area contributed by atoms with E-state index >= 15 is 0 Å². The average Bonchev–Trinajstić information content (AvgIpc) is 2.27. The SMILES string of the molecule is CCNC(=O)c1ccc(C#CCO)cc1. The summed E-state index contributed by atoms with van der Waals surface area (Å²) in [7, 11) is 0. The van der Waals surface area contributed by atoms with Crippen LogP contribution in [-0.2, 0) is 0 Å². The molecule has 0 spiro atoms. The molecule has 0 atom stereocenters. The average molecular weight is 203 g/mol. The number of hydrogen-bond donors (Lipinski definition) is 2. The number of rotatable bonds is 2. The maximum Gasteiger partial charge on any atom is 0.251 e. The van der Waals surface area contributed by atoms with E-state index in [1.807, 2.05) is 6.92 Å². The van der Waals surface area contributed by atoms with E-state index in [1.165, 1.54) is 0 Å². The Morgan fingerprint density at radius 2 is 2.07 bits per heavy atom. The monoisotopic (exact) mass is 203 g/mol. The van der Waals surface area contributed by atoms with Crippen molar-refractivity contribution < 1.29 is 9.90 Å². The number of carbonyl (C=O) groups is 1. The quantitative estimate of drug-likeness (QED) is 0.698. The molecule has 0 bridgehead atoms. The van der Waals surface area contributed by atoms with Crippen LogP contribution in [0.15, 0.2) is 24.3 Å². The van der Waals surface area contributed by atoms with Gasteiger partial charge in [0, 0.05) is 17.7 Å². The highest BCUT2D eigenvalue weighted by Crippen LogP contribution is 2.02. The van der Waals surface area contributed by atoms with Gasteiger partial charge in [0.25, 0.3) is 5.91 Å². The van der Waals surface area contributed by atoms with Gasteiger partial charge >= 0.3 is 0 Å². The Labute approximate surface area is 89.1 Å². The zero-order valence-corrected chi connectivity index (χ0v) is 8.58. The van der Waals surface area contributed by atoms with Crippen molar-refractivity contribution in [2.75, 3.05) is 13.2 Å². The van der Waals surface area contributed by atoms with Crippen LogP contribution in [-0.4, -0.2) is 24.2 Å². The van der Waals surface area contributed by atoms with Crippen molar-refractivity contribution in [3.05, 3.63) is 35.4 Å². The maximum absolute atomic E-state index is 11.4. The molecular formula is C12H13NO2. The van der Waals surface area contributed by atoms with Crippen LogP contribution in [0.25, 0.3) is 0 Å². The van der Waals surface area contributed by atoms with Crippen LogP contribution in [0.1, 0.15) is 22.8 Å². The van der Waals surface area contributed by atoms with Crippen molar-refractivity contribution in [1.82, 2.24) is 5.32 Å². The lowest BCUT2D eigenvalue weighted by Gasteiger charge is -2.01. The summed E-state index contributed by atoms with van der Waals surface area (Å²) in [5.74, 6) is 5.22. The Morgan fingerprint density at radius 1 is 1.40 bits per heavy atom. The summed E-state index contributed by atoms with van der Waals surface area (Å²) in [6.07, 6.45) is 0. The first-order chi connectivity index (χ1) is 7.27. The fourth-order valence-corrected chi connectivity index (χ4v) is 1.11. The van der Waals surface area contributed by atoms with Gasteiger partial charge in [-0.15, -0.1) is 0 Å². The van der Waals surface area contributed by atoms with Gasteiger partial charge in [0.1, 0.15) is 6.61 Å². The zero-order chi connectivity index (χ0) is 11.1. The molecule has 15 heavy (non-hydrogen) atoms. The second kappa shape index (κ2) is 5.84. The van der Waals surface area contributed by atoms with Gasteiger partial charge in [-0.2, -0.15) is 0 Å². The lowest BCUT2D eigenvalue weighted by atomic mass is 10.1. The maximum atomic E-state index is 11.4. The van der Waals surface area contributed by atoms with Gasteiger partial charge in [0.2, 0.25) is 0 Å². The van der Waals surface area contributed by atoms with Crippen LogP contribution in [0.3, 0.4) is 0 Å². The van der Waals surface area contributed by atoms with Gasteiger partial charge < -0.3 is 10.4 Å². The minimum atomic E-state index is -0.155. The summed E-state index contributed by atoms with van der Waals surface area (Å²) in [6, 6.07) is 6.94. The third-order valence-corrected chi connectivity index (χ3v) is 1.80. The molecule has 1 rings (SSSR count). The highest BCUT2D eigenvalue weighted by molar-refractivity contribution is 5.94. The molecule has 0 heterocycles. The standard InChI is InChI=1S/C12H13NO2/c1-2-13-12(15)11-7-5-10(6-8-11)4-3-9-14/h5-8,14H,2,9H2,1H3,(H,13,15). The summed E-state index contributed by atoms with van der Waals surface area (Å²) >= 11 is 0. The van der Waals surface area contributed by atoms with E-state index in [0.717, 1.165) is 5.56 Å². The molecule has 0 unspecified atom stereocenters. The molecule has 0 aliphatic heterocycles. The van der Waals surface area contributed by atoms with E-state index in [2.05, 4.69) is 17.2 Å². The van der Waals surface area contributed by atoms with Gasteiger partial charge in [-0.25, -0.2) is 0 Å². The van der Waals surface area contributed by atoms with E-state index < -0.39 is 0 Å². The second-order valence-corrected chi connectivity index (χ2v) is 2.90. The molecule has 3 nitrogen and oxygen atoms in total. The molecule has 0 saturated carbocycles. The highest BCUT2D eigenvalue weighted by Gasteiger charge is 2.01. The predicted molar refractivity (Wildman–Crippen MR) is 58.4 cm³/mol. The van der Waals surface area contributed by atoms with Gasteiger partial charge in [0.05, 0.1) is 0 Å². The molecule has 1 amide bonds. The minimum absolute atomic E-state index is 0.0841. The largest absolute Gasteiger partial charge is 0.384 e. The van der Waals surface area contributed by atoms with E-state index in [9.17, 15) is 4.79 Å². The van der Waals surface area contributed by atoms with Crippen LogP contribution in [0, 0.1) is 11.8 Å². The number of benzene rings is 1. The Kier molecular flexibility index (Phi) is 4.39. The first-order valence-electron chi connectivity index (χ1n) is 4.76. The fourth-order valence-electron chi connectivity index (χ4n) is 1.11. The Bertz CT molecular complexity index is 384. The predicted octanol–water partition coefficient (Wildman–Crippen LogP) is 0.780. The second-order valence-electron chi connectivity index (χ2n) is 2.90. The Morgan fingerprint density at radius 3 is 2.60 bits per heavy atom. The van der Waals surface area contributed by atoms with Gasteiger partial charge in [-0.05, 0) is 31.2 Å². The molecule has 78 valence electrons. The first kappa shape index (κ1) is 11.3. The number of aliphatic hydroxyl groups is 1. The molecular weight excluding hydrogens is 190 g/mol. The first-order valence-corrected chi connectivity index (χ1v) is 4.76. The van der Waals surface area contributed by atoms with Crippen LogP contribution in [0.4, 0.5) is 0 Å². The third kappa shape index (κ3) is 3.45. The number of nitrogens with one attached hydrogen (secondary N) is 1. The normalized spacial score (nSPS) is 8.93. The third-order valence-electron chi connectivity index (χ3n) is 1.80. The van der Waals surface area contributed by atoms with E-state index in [1.54, 1.807) is 24.3 Å². The molecule has 0 aliphatic carbocycles. The smallest absolute Gasteiger partial charge is 0.251 e. The molecule has 1 aromatic rings. The van der Waals surface area contributed by atoms with Crippen molar-refractivity contribution in [3.8, 4) is 11.8 Å². The number of carbonyl (C=O) groups excluding carboxylic acids is 1. The van der Waals surface area contributed by atoms with E-state index in [4.69, 9.17) is 5.11 Å². The summed E-state index contributed by atoms with van der Waals surface area (Å²) < 4.78 is 0. The van der Waals surface area contributed by atoms with Crippen LogP contribution in [0.2, 0.25) is 0 Å². The van der Waals surface area contributed by atoms with Gasteiger partial charge in [0.15, 0.2) is 0 Å². The molecule has 1 aromatic carbocycles. The van der Waals surface area contributed by atoms with Crippen molar-refractivity contribution >= 4 is 5.91 Å². The van der Waals surface area contributed by atoms with E-state index in [0.29, 0.717) is 12.1 Å². The van der Waals surface area contributed by atoms with Gasteiger partial charge in [-0.3, -0.25) is 4.79 Å². The van der Waals surface area contributed by atoms with Gasteiger partial charge in [-0.1, -0.05) is 11.8 Å². The zero-order valence-electron chi connectivity index (χ0n) is 8.58. The molecule has 0 aliphatic rings. The number of aliphatic hydroxyl groups excluding tert-OH is 1. The molecule has 0 fully saturated rings. The Balaban J connectivity index is 2.76. The highest BCUT2D eigenvalue weighted by atomic mass is 16.2. The minimum Gasteiger partial charge on any atom is -0.384 e. The van der Waals surface area contributed by atoms with Crippen molar-refractivity contribution in [2.24, 2.45) is 0 Å². The topological polar surface area (TPSA) is 49.3 Å². The molecule has 3 heteroatoms. The summed E-state index contributed by atoms with van der Waals surface area (Å²) in [5.41, 5.74) is 1.41. The Hall–Kier alpha value is -1.79. The number of amides is 1. The van der Waals surface area contributed by atoms with Crippen molar-refractivity contribution in [2.45, 2.75) is 6.92 Å². The van der Waals surface area contributed by atoms with Crippen LogP contribution >= 0.6 is 0 Å². The molecule has 0 aromatic heterocycles. The van der Waals surface area contributed by atoms with Crippen LogP contribution < -0.4 is 5.32 Å². The van der Waals surface area contributed by atoms with Crippen molar-refractivity contribution in [3.63, 3.8) is 0 Å². The lowest BCUT2D eigenvalue weighted by Crippen LogP contribution is -2.22. The molecule has 0 saturated heterocycles. The van der Waals surface area contributed by atoms with E-state index in [-0.39, 0.29) is 12.5 Å². The summed E-state index contributed by atoms with van der Waals surface area (Å²) in [6.45, 7) is 2.34. The molecule has 0 radical (unpaired) electrons. The van der Waals surface area contributed by atoms with Crippen LogP contribution in [0.5, 0.6) is 0 Å². The lowest BCUT2D eigenvalue weighted by molar-refractivity contribution is 0.0956. The number of hydrogen-bond acceptors (Lipinski definition) is 2. The van der Waals surface area contributed by atoms with Crippen molar-refractivity contribution in [1.29, 1.82) is 0 Å². The summed E-state index contributed by atoms with van der Waals surface area (Å²) in [5, 5.41) is 11.2.